The van der Waals surface area contributed by atoms with Crippen LogP contribution in [0.1, 0.15) is 39.5 Å². The highest BCUT2D eigenvalue weighted by Gasteiger charge is 2.41. The van der Waals surface area contributed by atoms with Crippen molar-refractivity contribution in [2.24, 2.45) is 0 Å². The lowest BCUT2D eigenvalue weighted by Crippen LogP contribution is -2.57. The van der Waals surface area contributed by atoms with Gasteiger partial charge < -0.3 is 10.2 Å². The minimum absolute atomic E-state index is 0.000356. The maximum atomic E-state index is 12.6. The van der Waals surface area contributed by atoms with E-state index in [2.05, 4.69) is 5.32 Å². The third kappa shape index (κ3) is 2.66. The Bertz CT molecular complexity index is 342. The summed E-state index contributed by atoms with van der Waals surface area (Å²) < 4.78 is 0. The van der Waals surface area contributed by atoms with Crippen molar-refractivity contribution in [1.82, 2.24) is 10.2 Å². The predicted octanol–water partition coefficient (Wildman–Crippen LogP) is 1.40. The van der Waals surface area contributed by atoms with Crippen LogP contribution in [0.15, 0.2) is 0 Å². The van der Waals surface area contributed by atoms with Crippen LogP contribution in [0, 0.1) is 0 Å². The number of hydrogen-bond donors (Lipinski definition) is 1. The summed E-state index contributed by atoms with van der Waals surface area (Å²) >= 11 is 1.95. The molecular weight excluding hydrogens is 248 g/mol. The van der Waals surface area contributed by atoms with Crippen molar-refractivity contribution in [3.05, 3.63) is 0 Å². The van der Waals surface area contributed by atoms with Gasteiger partial charge >= 0.3 is 0 Å². The standard InChI is InChI=1S/C13H22N2O2S/c1-3-13(2)12(17)15(7-4-11(16)14-13)10-5-8-18-9-6-10/h10H,3-9H2,1-2H3,(H,14,16). The van der Waals surface area contributed by atoms with E-state index in [-0.39, 0.29) is 11.8 Å². The highest BCUT2D eigenvalue weighted by atomic mass is 32.2. The first-order chi connectivity index (χ1) is 8.57. The second kappa shape index (κ2) is 5.51. The zero-order valence-corrected chi connectivity index (χ0v) is 12.0. The Morgan fingerprint density at radius 1 is 1.39 bits per heavy atom. The molecule has 2 amide bonds. The van der Waals surface area contributed by atoms with Crippen LogP contribution in [-0.2, 0) is 9.59 Å². The minimum Gasteiger partial charge on any atom is -0.342 e. The fraction of sp³-hybridized carbons (Fsp3) is 0.846. The topological polar surface area (TPSA) is 49.4 Å². The molecule has 1 unspecified atom stereocenters. The lowest BCUT2D eigenvalue weighted by Gasteiger charge is -2.37. The lowest BCUT2D eigenvalue weighted by molar-refractivity contribution is -0.140. The molecule has 4 nitrogen and oxygen atoms in total. The molecule has 2 fully saturated rings. The molecule has 0 spiro atoms. The van der Waals surface area contributed by atoms with Gasteiger partial charge in [0.1, 0.15) is 5.54 Å². The predicted molar refractivity (Wildman–Crippen MR) is 73.5 cm³/mol. The number of carbonyl (C=O) groups is 2. The van der Waals surface area contributed by atoms with E-state index in [9.17, 15) is 9.59 Å². The number of hydrogen-bond acceptors (Lipinski definition) is 3. The molecule has 0 saturated carbocycles. The molecule has 1 N–H and O–H groups in total. The molecule has 0 radical (unpaired) electrons. The molecule has 18 heavy (non-hydrogen) atoms. The van der Waals surface area contributed by atoms with Gasteiger partial charge in [-0.1, -0.05) is 6.92 Å². The first-order valence-corrected chi connectivity index (χ1v) is 7.92. The van der Waals surface area contributed by atoms with Gasteiger partial charge in [-0.25, -0.2) is 0 Å². The van der Waals surface area contributed by atoms with Crippen LogP contribution in [0.2, 0.25) is 0 Å². The first-order valence-electron chi connectivity index (χ1n) is 6.76. The molecule has 5 heteroatoms. The summed E-state index contributed by atoms with van der Waals surface area (Å²) in [6, 6.07) is 0.331. The van der Waals surface area contributed by atoms with Crippen LogP contribution in [0.4, 0.5) is 0 Å². The molecule has 2 heterocycles. The highest BCUT2D eigenvalue weighted by Crippen LogP contribution is 2.26. The number of carbonyl (C=O) groups excluding carboxylic acids is 2. The SMILES string of the molecule is CCC1(C)NC(=O)CCN(C2CCSCC2)C1=O. The van der Waals surface area contributed by atoms with Gasteiger partial charge in [-0.05, 0) is 37.7 Å². The van der Waals surface area contributed by atoms with E-state index < -0.39 is 5.54 Å². The number of rotatable bonds is 2. The molecule has 0 aliphatic carbocycles. The normalized spacial score (nSPS) is 31.1. The molecule has 1 atom stereocenters. The van der Waals surface area contributed by atoms with E-state index in [4.69, 9.17) is 0 Å². The summed E-state index contributed by atoms with van der Waals surface area (Å²) in [7, 11) is 0. The van der Waals surface area contributed by atoms with Crippen molar-refractivity contribution < 1.29 is 9.59 Å². The first kappa shape index (κ1) is 13.7. The van der Waals surface area contributed by atoms with Crippen LogP contribution in [0.5, 0.6) is 0 Å². The Morgan fingerprint density at radius 2 is 2.06 bits per heavy atom. The summed E-state index contributed by atoms with van der Waals surface area (Å²) in [6.45, 7) is 4.39. The van der Waals surface area contributed by atoms with Crippen LogP contribution in [-0.4, -0.2) is 46.3 Å². The van der Waals surface area contributed by atoms with E-state index in [0.717, 1.165) is 24.3 Å². The van der Waals surface area contributed by atoms with Gasteiger partial charge in [0, 0.05) is 19.0 Å². The maximum absolute atomic E-state index is 12.6. The quantitative estimate of drug-likeness (QED) is 0.825. The van der Waals surface area contributed by atoms with Crippen molar-refractivity contribution in [3.8, 4) is 0 Å². The monoisotopic (exact) mass is 270 g/mol. The summed E-state index contributed by atoms with van der Waals surface area (Å²) in [5.74, 6) is 2.35. The van der Waals surface area contributed by atoms with Crippen LogP contribution in [0.25, 0.3) is 0 Å². The van der Waals surface area contributed by atoms with Gasteiger partial charge in [0.15, 0.2) is 0 Å². The maximum Gasteiger partial charge on any atom is 0.248 e. The van der Waals surface area contributed by atoms with Crippen molar-refractivity contribution in [3.63, 3.8) is 0 Å². The van der Waals surface area contributed by atoms with E-state index in [1.165, 1.54) is 0 Å². The second-order valence-corrected chi connectivity index (χ2v) is 6.55. The second-order valence-electron chi connectivity index (χ2n) is 5.33. The van der Waals surface area contributed by atoms with Crippen LogP contribution in [0.3, 0.4) is 0 Å². The smallest absolute Gasteiger partial charge is 0.248 e. The summed E-state index contributed by atoms with van der Waals surface area (Å²) in [6.07, 6.45) is 3.20. The Kier molecular flexibility index (Phi) is 4.20. The van der Waals surface area contributed by atoms with Gasteiger partial charge in [0.2, 0.25) is 11.8 Å². The van der Waals surface area contributed by atoms with Crippen LogP contribution < -0.4 is 5.32 Å². The van der Waals surface area contributed by atoms with Crippen LogP contribution >= 0.6 is 11.8 Å². The van der Waals surface area contributed by atoms with Crippen molar-refractivity contribution in [2.45, 2.75) is 51.1 Å². The van der Waals surface area contributed by atoms with E-state index in [1.54, 1.807) is 0 Å². The molecule has 102 valence electrons. The fourth-order valence-electron chi connectivity index (χ4n) is 2.65. The largest absolute Gasteiger partial charge is 0.342 e. The molecule has 2 aliphatic heterocycles. The number of nitrogens with one attached hydrogen (secondary N) is 1. The number of thioether (sulfide) groups is 1. The average molecular weight is 270 g/mol. The third-order valence-corrected chi connectivity index (χ3v) is 5.12. The van der Waals surface area contributed by atoms with E-state index >= 15 is 0 Å². The zero-order valence-electron chi connectivity index (χ0n) is 11.2. The highest BCUT2D eigenvalue weighted by molar-refractivity contribution is 7.99. The molecule has 2 aliphatic rings. The lowest BCUT2D eigenvalue weighted by atomic mass is 9.96. The zero-order chi connectivity index (χ0) is 13.2. The molecule has 0 bridgehead atoms. The van der Waals surface area contributed by atoms with Gasteiger partial charge in [-0.2, -0.15) is 11.8 Å². The summed E-state index contributed by atoms with van der Waals surface area (Å²) in [5, 5.41) is 2.89. The van der Waals surface area contributed by atoms with Gasteiger partial charge in [-0.3, -0.25) is 9.59 Å². The average Bonchev–Trinajstić information content (AvgIpc) is 2.50. The third-order valence-electron chi connectivity index (χ3n) is 4.07. The molecular formula is C13H22N2O2S. The fourth-order valence-corrected chi connectivity index (χ4v) is 3.73. The number of amides is 2. The summed E-state index contributed by atoms with van der Waals surface area (Å²) in [5.41, 5.74) is -0.710. The van der Waals surface area contributed by atoms with E-state index in [1.807, 2.05) is 30.5 Å². The molecule has 2 saturated heterocycles. The van der Waals surface area contributed by atoms with Crippen molar-refractivity contribution in [1.29, 1.82) is 0 Å². The van der Waals surface area contributed by atoms with Crippen molar-refractivity contribution in [2.75, 3.05) is 18.1 Å². The summed E-state index contributed by atoms with van der Waals surface area (Å²) in [4.78, 5) is 26.3. The van der Waals surface area contributed by atoms with Crippen molar-refractivity contribution >= 4 is 23.6 Å². The molecule has 2 rings (SSSR count). The number of nitrogens with zero attached hydrogens (tertiary/aromatic N) is 1. The van der Waals surface area contributed by atoms with E-state index in [0.29, 0.717) is 25.4 Å². The molecule has 0 aromatic carbocycles. The molecule has 0 aromatic heterocycles. The molecule has 0 aromatic rings. The minimum atomic E-state index is -0.710. The Morgan fingerprint density at radius 3 is 2.67 bits per heavy atom. The Balaban J connectivity index is 2.18. The Labute approximate surface area is 113 Å². The van der Waals surface area contributed by atoms with Gasteiger partial charge in [-0.15, -0.1) is 0 Å². The van der Waals surface area contributed by atoms with Gasteiger partial charge in [0.25, 0.3) is 0 Å². The van der Waals surface area contributed by atoms with Gasteiger partial charge in [0.05, 0.1) is 0 Å². The Hall–Kier alpha value is -0.710.